The fourth-order valence-electron chi connectivity index (χ4n) is 1.38. The van der Waals surface area contributed by atoms with Crippen LogP contribution in [0.25, 0.3) is 0 Å². The predicted octanol–water partition coefficient (Wildman–Crippen LogP) is 1.24. The number of hydrogen-bond donors (Lipinski definition) is 2. The van der Waals surface area contributed by atoms with Gasteiger partial charge in [-0.25, -0.2) is 0 Å². The van der Waals surface area contributed by atoms with E-state index in [-0.39, 0.29) is 0 Å². The molecule has 0 bridgehead atoms. The highest BCUT2D eigenvalue weighted by Crippen LogP contribution is 2.26. The molecule has 2 unspecified atom stereocenters. The van der Waals surface area contributed by atoms with E-state index in [2.05, 4.69) is 12.2 Å². The lowest BCUT2D eigenvalue weighted by molar-refractivity contribution is 0.0766. The number of hydrogen-bond acceptors (Lipinski definition) is 3. The van der Waals surface area contributed by atoms with Gasteiger partial charge in [-0.2, -0.15) is 11.8 Å². The average Bonchev–Trinajstić information content (AvgIpc) is 2.29. The van der Waals surface area contributed by atoms with Crippen LogP contribution < -0.4 is 5.32 Å². The second-order valence-electron chi connectivity index (χ2n) is 4.16. The molecule has 0 saturated carbocycles. The lowest BCUT2D eigenvalue weighted by atomic mass is 10.1. The van der Waals surface area contributed by atoms with Gasteiger partial charge in [-0.05, 0) is 26.0 Å². The summed E-state index contributed by atoms with van der Waals surface area (Å²) in [7, 11) is 0. The van der Waals surface area contributed by atoms with Crippen molar-refractivity contribution in [2.24, 2.45) is 0 Å². The highest BCUT2D eigenvalue weighted by molar-refractivity contribution is 8.00. The molecular weight excluding hydrogens is 170 g/mol. The Morgan fingerprint density at radius 2 is 2.25 bits per heavy atom. The Kier molecular flexibility index (Phi) is 3.44. The molecule has 0 aliphatic carbocycles. The molecule has 2 nitrogen and oxygen atoms in total. The normalized spacial score (nSPS) is 31.0. The van der Waals surface area contributed by atoms with E-state index < -0.39 is 5.60 Å². The molecule has 1 aliphatic rings. The van der Waals surface area contributed by atoms with Crippen molar-refractivity contribution in [1.82, 2.24) is 5.32 Å². The molecule has 12 heavy (non-hydrogen) atoms. The van der Waals surface area contributed by atoms with E-state index in [0.29, 0.717) is 17.8 Å². The van der Waals surface area contributed by atoms with Crippen molar-refractivity contribution in [2.45, 2.75) is 44.1 Å². The van der Waals surface area contributed by atoms with Crippen molar-refractivity contribution in [2.75, 3.05) is 12.3 Å². The van der Waals surface area contributed by atoms with Crippen molar-refractivity contribution < 1.29 is 5.11 Å². The van der Waals surface area contributed by atoms with Crippen LogP contribution in [0.3, 0.4) is 0 Å². The summed E-state index contributed by atoms with van der Waals surface area (Å²) in [5, 5.41) is 13.6. The molecule has 1 heterocycles. The summed E-state index contributed by atoms with van der Waals surface area (Å²) in [6.07, 6.45) is 1.24. The van der Waals surface area contributed by atoms with Crippen LogP contribution in [0.2, 0.25) is 0 Å². The summed E-state index contributed by atoms with van der Waals surface area (Å²) < 4.78 is 0. The molecule has 1 fully saturated rings. The van der Waals surface area contributed by atoms with Crippen LogP contribution in [0.5, 0.6) is 0 Å². The number of rotatable bonds is 3. The molecule has 72 valence electrons. The van der Waals surface area contributed by atoms with Crippen LogP contribution in [0, 0.1) is 0 Å². The fourth-order valence-corrected chi connectivity index (χ4v) is 2.61. The fraction of sp³-hybridized carbons (Fsp3) is 1.00. The van der Waals surface area contributed by atoms with Gasteiger partial charge >= 0.3 is 0 Å². The third kappa shape index (κ3) is 3.33. The second kappa shape index (κ2) is 3.99. The van der Waals surface area contributed by atoms with Gasteiger partial charge in [-0.1, -0.05) is 6.92 Å². The summed E-state index contributed by atoms with van der Waals surface area (Å²) in [4.78, 5) is 0. The molecule has 2 N–H and O–H groups in total. The van der Waals surface area contributed by atoms with E-state index in [1.165, 1.54) is 12.2 Å². The summed E-state index contributed by atoms with van der Waals surface area (Å²) >= 11 is 2.01. The smallest absolute Gasteiger partial charge is 0.0715 e. The zero-order valence-electron chi connectivity index (χ0n) is 8.13. The molecule has 0 amide bonds. The quantitative estimate of drug-likeness (QED) is 0.700. The van der Waals surface area contributed by atoms with Gasteiger partial charge in [0.1, 0.15) is 0 Å². The largest absolute Gasteiger partial charge is 0.389 e. The molecular formula is C9H19NOS. The van der Waals surface area contributed by atoms with Gasteiger partial charge in [-0.3, -0.25) is 0 Å². The van der Waals surface area contributed by atoms with E-state index in [1.54, 1.807) is 0 Å². The molecule has 0 radical (unpaired) electrons. The van der Waals surface area contributed by atoms with E-state index in [1.807, 2.05) is 25.6 Å². The lowest BCUT2D eigenvalue weighted by Crippen LogP contribution is -2.42. The van der Waals surface area contributed by atoms with E-state index in [0.717, 1.165) is 0 Å². The zero-order chi connectivity index (χ0) is 9.19. The summed E-state index contributed by atoms with van der Waals surface area (Å²) in [5.74, 6) is 1.25. The van der Waals surface area contributed by atoms with Crippen molar-refractivity contribution in [3.05, 3.63) is 0 Å². The average molecular weight is 189 g/mol. The van der Waals surface area contributed by atoms with E-state index in [9.17, 15) is 5.11 Å². The van der Waals surface area contributed by atoms with Gasteiger partial charge in [0.05, 0.1) is 5.60 Å². The molecule has 2 atom stereocenters. The van der Waals surface area contributed by atoms with Gasteiger partial charge in [0.2, 0.25) is 0 Å². The minimum absolute atomic E-state index is 0.576. The minimum Gasteiger partial charge on any atom is -0.389 e. The van der Waals surface area contributed by atoms with Gasteiger partial charge in [0.15, 0.2) is 0 Å². The number of nitrogens with one attached hydrogen (secondary N) is 1. The molecule has 0 aromatic heterocycles. The first-order valence-electron chi connectivity index (χ1n) is 4.56. The van der Waals surface area contributed by atoms with Crippen LogP contribution in [-0.4, -0.2) is 34.3 Å². The topological polar surface area (TPSA) is 32.3 Å². The molecule has 1 rings (SSSR count). The highest BCUT2D eigenvalue weighted by Gasteiger charge is 2.25. The number of aliphatic hydroxyl groups is 1. The summed E-state index contributed by atoms with van der Waals surface area (Å²) in [6.45, 7) is 6.63. The van der Waals surface area contributed by atoms with Gasteiger partial charge < -0.3 is 10.4 Å². The lowest BCUT2D eigenvalue weighted by Gasteiger charge is -2.23. The molecule has 0 aromatic rings. The highest BCUT2D eigenvalue weighted by atomic mass is 32.2. The second-order valence-corrected chi connectivity index (χ2v) is 5.65. The first-order chi connectivity index (χ1) is 5.49. The Labute approximate surface area is 79.1 Å². The van der Waals surface area contributed by atoms with Gasteiger partial charge in [0, 0.05) is 17.8 Å². The van der Waals surface area contributed by atoms with Crippen LogP contribution in [0.4, 0.5) is 0 Å². The van der Waals surface area contributed by atoms with Gasteiger partial charge in [0.25, 0.3) is 0 Å². The maximum absolute atomic E-state index is 9.49. The van der Waals surface area contributed by atoms with Gasteiger partial charge in [-0.15, -0.1) is 0 Å². The first-order valence-corrected chi connectivity index (χ1v) is 5.61. The molecule has 1 saturated heterocycles. The Balaban J connectivity index is 2.23. The van der Waals surface area contributed by atoms with Crippen LogP contribution >= 0.6 is 11.8 Å². The molecule has 0 aromatic carbocycles. The Bertz CT molecular complexity index is 144. The SMILES string of the molecule is CC1SCCC1NCC(C)(C)O. The monoisotopic (exact) mass is 189 g/mol. The van der Waals surface area contributed by atoms with Crippen molar-refractivity contribution in [1.29, 1.82) is 0 Å². The first kappa shape index (κ1) is 10.4. The maximum atomic E-state index is 9.49. The number of thioether (sulfide) groups is 1. The third-order valence-electron chi connectivity index (χ3n) is 2.17. The van der Waals surface area contributed by atoms with Crippen molar-refractivity contribution in [3.63, 3.8) is 0 Å². The molecule has 0 spiro atoms. The summed E-state index contributed by atoms with van der Waals surface area (Å²) in [6, 6.07) is 0.599. The Morgan fingerprint density at radius 3 is 2.67 bits per heavy atom. The maximum Gasteiger partial charge on any atom is 0.0715 e. The van der Waals surface area contributed by atoms with Crippen molar-refractivity contribution in [3.8, 4) is 0 Å². The zero-order valence-corrected chi connectivity index (χ0v) is 8.95. The van der Waals surface area contributed by atoms with Crippen molar-refractivity contribution >= 4 is 11.8 Å². The van der Waals surface area contributed by atoms with E-state index in [4.69, 9.17) is 0 Å². The predicted molar refractivity (Wildman–Crippen MR) is 54.6 cm³/mol. The third-order valence-corrected chi connectivity index (χ3v) is 3.50. The standard InChI is InChI=1S/C9H19NOS/c1-7-8(4-5-12-7)10-6-9(2,3)11/h7-8,10-11H,4-6H2,1-3H3. The van der Waals surface area contributed by atoms with E-state index >= 15 is 0 Å². The van der Waals surface area contributed by atoms with Crippen LogP contribution in [-0.2, 0) is 0 Å². The van der Waals surface area contributed by atoms with Crippen LogP contribution in [0.1, 0.15) is 27.2 Å². The minimum atomic E-state index is -0.576. The molecule has 3 heteroatoms. The molecule has 1 aliphatic heterocycles. The summed E-state index contributed by atoms with van der Waals surface area (Å²) in [5.41, 5.74) is -0.576. The van der Waals surface area contributed by atoms with Crippen LogP contribution in [0.15, 0.2) is 0 Å². The Hall–Kier alpha value is 0.270. The Morgan fingerprint density at radius 1 is 1.58 bits per heavy atom.